The zero-order chi connectivity index (χ0) is 11.4. The number of carboxylic acids is 1. The van der Waals surface area contributed by atoms with Crippen LogP contribution in [0.5, 0.6) is 0 Å². The molecule has 1 rings (SSSR count). The molecule has 0 aliphatic rings. The van der Waals surface area contributed by atoms with Crippen LogP contribution in [0.15, 0.2) is 18.2 Å². The predicted octanol–water partition coefficient (Wildman–Crippen LogP) is 2.16. The molecule has 1 aromatic rings. The number of carbonyl (C=O) groups is 1. The first-order valence-electron chi connectivity index (χ1n) is 4.65. The van der Waals surface area contributed by atoms with Gasteiger partial charge < -0.3 is 5.11 Å². The van der Waals surface area contributed by atoms with Crippen molar-refractivity contribution >= 4 is 17.6 Å². The van der Waals surface area contributed by atoms with E-state index in [4.69, 9.17) is 16.7 Å². The van der Waals surface area contributed by atoms with Crippen molar-refractivity contribution in [1.82, 2.24) is 4.90 Å². The van der Waals surface area contributed by atoms with Crippen LogP contribution in [0.25, 0.3) is 0 Å². The first kappa shape index (κ1) is 12.0. The third-order valence-corrected chi connectivity index (χ3v) is 2.63. The molecule has 3 nitrogen and oxygen atoms in total. The molecular weight excluding hydrogens is 214 g/mol. The van der Waals surface area contributed by atoms with Gasteiger partial charge in [0.05, 0.1) is 6.54 Å². The van der Waals surface area contributed by atoms with E-state index in [0.717, 1.165) is 16.1 Å². The molecule has 4 heteroatoms. The van der Waals surface area contributed by atoms with Gasteiger partial charge in [0.15, 0.2) is 0 Å². The SMILES string of the molecule is Cc1c(Cl)cccc1CN(C)CC(=O)O. The van der Waals surface area contributed by atoms with E-state index in [1.54, 1.807) is 11.9 Å². The van der Waals surface area contributed by atoms with E-state index in [1.165, 1.54) is 0 Å². The van der Waals surface area contributed by atoms with Gasteiger partial charge in [0.1, 0.15) is 0 Å². The second-order valence-electron chi connectivity index (χ2n) is 3.59. The second-order valence-corrected chi connectivity index (χ2v) is 4.00. The average Bonchev–Trinajstić information content (AvgIpc) is 2.11. The minimum Gasteiger partial charge on any atom is -0.480 e. The fraction of sp³-hybridized carbons (Fsp3) is 0.364. The molecule has 0 aromatic heterocycles. The lowest BCUT2D eigenvalue weighted by Crippen LogP contribution is -2.25. The number of likely N-dealkylation sites (N-methyl/N-ethyl adjacent to an activating group) is 1. The number of carboxylic acid groups (broad SMARTS) is 1. The van der Waals surface area contributed by atoms with E-state index in [-0.39, 0.29) is 6.54 Å². The summed E-state index contributed by atoms with van der Waals surface area (Å²) in [4.78, 5) is 12.2. The maximum Gasteiger partial charge on any atom is 0.317 e. The van der Waals surface area contributed by atoms with Crippen LogP contribution in [-0.4, -0.2) is 29.6 Å². The Hall–Kier alpha value is -1.06. The van der Waals surface area contributed by atoms with Crippen molar-refractivity contribution in [2.24, 2.45) is 0 Å². The van der Waals surface area contributed by atoms with E-state index in [1.807, 2.05) is 25.1 Å². The number of hydrogen-bond acceptors (Lipinski definition) is 2. The highest BCUT2D eigenvalue weighted by atomic mass is 35.5. The third kappa shape index (κ3) is 3.53. The number of hydrogen-bond donors (Lipinski definition) is 1. The third-order valence-electron chi connectivity index (χ3n) is 2.23. The van der Waals surface area contributed by atoms with Crippen LogP contribution in [0, 0.1) is 6.92 Å². The first-order valence-corrected chi connectivity index (χ1v) is 5.03. The minimum absolute atomic E-state index is 0.0337. The van der Waals surface area contributed by atoms with E-state index < -0.39 is 5.97 Å². The van der Waals surface area contributed by atoms with Gasteiger partial charge in [-0.25, -0.2) is 0 Å². The Morgan fingerprint density at radius 2 is 2.20 bits per heavy atom. The fourth-order valence-corrected chi connectivity index (χ4v) is 1.60. The molecule has 0 saturated carbocycles. The predicted molar refractivity (Wildman–Crippen MR) is 60.2 cm³/mol. The quantitative estimate of drug-likeness (QED) is 0.857. The largest absolute Gasteiger partial charge is 0.480 e. The van der Waals surface area contributed by atoms with Crippen molar-refractivity contribution in [3.8, 4) is 0 Å². The maximum absolute atomic E-state index is 10.5. The summed E-state index contributed by atoms with van der Waals surface area (Å²) in [6.07, 6.45) is 0. The number of rotatable bonds is 4. The van der Waals surface area contributed by atoms with Crippen LogP contribution >= 0.6 is 11.6 Å². The van der Waals surface area contributed by atoms with Crippen LogP contribution < -0.4 is 0 Å². The lowest BCUT2D eigenvalue weighted by Gasteiger charge is -2.16. The summed E-state index contributed by atoms with van der Waals surface area (Å²) in [6.45, 7) is 2.57. The maximum atomic E-state index is 10.5. The highest BCUT2D eigenvalue weighted by molar-refractivity contribution is 6.31. The monoisotopic (exact) mass is 227 g/mol. The zero-order valence-corrected chi connectivity index (χ0v) is 9.58. The normalized spacial score (nSPS) is 10.7. The smallest absolute Gasteiger partial charge is 0.317 e. The molecule has 15 heavy (non-hydrogen) atoms. The van der Waals surface area contributed by atoms with E-state index in [2.05, 4.69) is 0 Å². The molecule has 0 heterocycles. The van der Waals surface area contributed by atoms with Gasteiger partial charge in [0, 0.05) is 11.6 Å². The summed E-state index contributed by atoms with van der Waals surface area (Å²) < 4.78 is 0. The minimum atomic E-state index is -0.822. The van der Waals surface area contributed by atoms with Crippen LogP contribution in [-0.2, 0) is 11.3 Å². The van der Waals surface area contributed by atoms with Gasteiger partial charge in [0.2, 0.25) is 0 Å². The summed E-state index contributed by atoms with van der Waals surface area (Å²) in [5.41, 5.74) is 2.07. The van der Waals surface area contributed by atoms with Gasteiger partial charge in [-0.2, -0.15) is 0 Å². The Balaban J connectivity index is 2.72. The van der Waals surface area contributed by atoms with Crippen LogP contribution in [0.3, 0.4) is 0 Å². The van der Waals surface area contributed by atoms with Gasteiger partial charge in [-0.1, -0.05) is 23.7 Å². The van der Waals surface area contributed by atoms with Crippen molar-refractivity contribution in [2.75, 3.05) is 13.6 Å². The Kier molecular flexibility index (Phi) is 4.12. The molecule has 0 atom stereocenters. The van der Waals surface area contributed by atoms with Crippen molar-refractivity contribution in [3.05, 3.63) is 34.3 Å². The van der Waals surface area contributed by atoms with E-state index in [0.29, 0.717) is 6.54 Å². The topological polar surface area (TPSA) is 40.5 Å². The zero-order valence-electron chi connectivity index (χ0n) is 8.83. The van der Waals surface area contributed by atoms with Gasteiger partial charge in [-0.3, -0.25) is 9.69 Å². The van der Waals surface area contributed by atoms with Crippen molar-refractivity contribution in [2.45, 2.75) is 13.5 Å². The Labute approximate surface area is 94.3 Å². The number of nitrogens with zero attached hydrogens (tertiary/aromatic N) is 1. The summed E-state index contributed by atoms with van der Waals surface area (Å²) in [7, 11) is 1.77. The highest BCUT2D eigenvalue weighted by Gasteiger charge is 2.07. The van der Waals surface area contributed by atoms with Crippen molar-refractivity contribution in [1.29, 1.82) is 0 Å². The number of halogens is 1. The van der Waals surface area contributed by atoms with Gasteiger partial charge in [-0.15, -0.1) is 0 Å². The van der Waals surface area contributed by atoms with Crippen LogP contribution in [0.4, 0.5) is 0 Å². The van der Waals surface area contributed by atoms with Gasteiger partial charge >= 0.3 is 5.97 Å². The van der Waals surface area contributed by atoms with E-state index in [9.17, 15) is 4.79 Å². The molecule has 0 aliphatic carbocycles. The molecule has 1 aromatic carbocycles. The summed E-state index contributed by atoms with van der Waals surface area (Å²) >= 11 is 5.97. The molecule has 82 valence electrons. The Bertz CT molecular complexity index is 366. The summed E-state index contributed by atoms with van der Waals surface area (Å²) in [6, 6.07) is 5.66. The second kappa shape index (κ2) is 5.14. The Morgan fingerprint density at radius 3 is 2.80 bits per heavy atom. The van der Waals surface area contributed by atoms with Gasteiger partial charge in [0.25, 0.3) is 0 Å². The molecule has 0 bridgehead atoms. The molecule has 0 radical (unpaired) electrons. The number of benzene rings is 1. The van der Waals surface area contributed by atoms with Crippen LogP contribution in [0.1, 0.15) is 11.1 Å². The first-order chi connectivity index (χ1) is 7.00. The molecule has 0 unspecified atom stereocenters. The molecule has 1 N–H and O–H groups in total. The van der Waals surface area contributed by atoms with Crippen molar-refractivity contribution < 1.29 is 9.90 Å². The summed E-state index contributed by atoms with van der Waals surface area (Å²) in [5, 5.41) is 9.34. The standard InChI is InChI=1S/C11H14ClNO2/c1-8-9(4-3-5-10(8)12)6-13(2)7-11(14)15/h3-5H,6-7H2,1-2H3,(H,14,15). The molecule has 0 saturated heterocycles. The number of aliphatic carboxylic acids is 1. The Morgan fingerprint density at radius 1 is 1.53 bits per heavy atom. The fourth-order valence-electron chi connectivity index (χ4n) is 1.40. The highest BCUT2D eigenvalue weighted by Crippen LogP contribution is 2.19. The molecular formula is C11H14ClNO2. The van der Waals surface area contributed by atoms with E-state index >= 15 is 0 Å². The lowest BCUT2D eigenvalue weighted by molar-refractivity contribution is -0.138. The molecule has 0 spiro atoms. The molecule has 0 fully saturated rings. The summed E-state index contributed by atoms with van der Waals surface area (Å²) in [5.74, 6) is -0.822. The molecule has 0 aliphatic heterocycles. The lowest BCUT2D eigenvalue weighted by atomic mass is 10.1. The van der Waals surface area contributed by atoms with Crippen molar-refractivity contribution in [3.63, 3.8) is 0 Å². The average molecular weight is 228 g/mol. The molecule has 0 amide bonds. The van der Waals surface area contributed by atoms with Gasteiger partial charge in [-0.05, 0) is 31.2 Å². The van der Waals surface area contributed by atoms with Crippen LogP contribution in [0.2, 0.25) is 5.02 Å².